The summed E-state index contributed by atoms with van der Waals surface area (Å²) in [6.45, 7) is 4.00. The lowest BCUT2D eigenvalue weighted by Crippen LogP contribution is -2.05. The molecule has 0 radical (unpaired) electrons. The smallest absolute Gasteiger partial charge is 0.146 e. The van der Waals surface area contributed by atoms with Crippen LogP contribution in [0.25, 0.3) is 5.57 Å². The van der Waals surface area contributed by atoms with E-state index in [1.807, 2.05) is 19.1 Å². The zero-order valence-electron chi connectivity index (χ0n) is 8.73. The number of nitrogens with zero attached hydrogens (tertiary/aromatic N) is 2. The summed E-state index contributed by atoms with van der Waals surface area (Å²) in [4.78, 5) is 10.7. The van der Waals surface area contributed by atoms with Crippen LogP contribution in [0.1, 0.15) is 23.4 Å². The lowest BCUT2D eigenvalue weighted by atomic mass is 9.89. The average molecular weight is 220 g/mol. The fourth-order valence-corrected chi connectivity index (χ4v) is 2.34. The van der Waals surface area contributed by atoms with E-state index in [0.29, 0.717) is 0 Å². The monoisotopic (exact) mass is 220 g/mol. The minimum Gasteiger partial charge on any atom is -0.298 e. The Labute approximate surface area is 92.5 Å². The molecule has 0 saturated heterocycles. The minimum absolute atomic E-state index is 0.284. The summed E-state index contributed by atoms with van der Waals surface area (Å²) in [5, 5.41) is 10.0. The third kappa shape index (κ3) is 2.04. The van der Waals surface area contributed by atoms with Crippen molar-refractivity contribution in [3.63, 3.8) is 0 Å². The molecule has 2 rings (SSSR count). The van der Waals surface area contributed by atoms with Gasteiger partial charge in [0.2, 0.25) is 0 Å². The van der Waals surface area contributed by atoms with Crippen LogP contribution in [0.4, 0.5) is 0 Å². The van der Waals surface area contributed by atoms with Gasteiger partial charge in [-0.1, -0.05) is 30.4 Å². The second-order valence-electron chi connectivity index (χ2n) is 3.71. The molecule has 78 valence electrons. The first-order valence-electron chi connectivity index (χ1n) is 4.87. The van der Waals surface area contributed by atoms with Gasteiger partial charge in [0.25, 0.3) is 0 Å². The van der Waals surface area contributed by atoms with Crippen molar-refractivity contribution in [2.24, 2.45) is 5.92 Å². The van der Waals surface area contributed by atoms with Crippen LogP contribution in [0.15, 0.2) is 17.7 Å². The highest BCUT2D eigenvalue weighted by atomic mass is 32.1. The molecule has 1 aromatic rings. The van der Waals surface area contributed by atoms with E-state index in [-0.39, 0.29) is 5.92 Å². The second-order valence-corrected chi connectivity index (χ2v) is 4.89. The van der Waals surface area contributed by atoms with Gasteiger partial charge < -0.3 is 0 Å². The zero-order valence-corrected chi connectivity index (χ0v) is 9.54. The molecule has 1 heterocycles. The third-order valence-corrected chi connectivity index (χ3v) is 3.42. The van der Waals surface area contributed by atoms with E-state index < -0.39 is 0 Å². The molecule has 1 aliphatic rings. The number of hydrogen-bond donors (Lipinski definition) is 0. The van der Waals surface area contributed by atoms with E-state index in [9.17, 15) is 4.79 Å². The lowest BCUT2D eigenvalue weighted by Gasteiger charge is -2.16. The second kappa shape index (κ2) is 4.06. The predicted molar refractivity (Wildman–Crippen MR) is 60.6 cm³/mol. The van der Waals surface area contributed by atoms with Crippen molar-refractivity contribution >= 4 is 23.2 Å². The Bertz CT molecular complexity index is 445. The van der Waals surface area contributed by atoms with E-state index in [0.717, 1.165) is 28.3 Å². The van der Waals surface area contributed by atoms with Crippen molar-refractivity contribution in [2.75, 3.05) is 0 Å². The van der Waals surface area contributed by atoms with Crippen LogP contribution in [0.2, 0.25) is 0 Å². The minimum atomic E-state index is 0.284. The molecule has 1 atom stereocenters. The maximum absolute atomic E-state index is 10.7. The van der Waals surface area contributed by atoms with E-state index in [4.69, 9.17) is 0 Å². The van der Waals surface area contributed by atoms with Crippen molar-refractivity contribution in [3.05, 3.63) is 27.7 Å². The van der Waals surface area contributed by atoms with Gasteiger partial charge in [-0.3, -0.25) is 4.79 Å². The number of carbonyl (C=O) groups excluding carboxylic acids is 1. The highest BCUT2D eigenvalue weighted by molar-refractivity contribution is 7.12. The Hall–Kier alpha value is -1.29. The first kappa shape index (κ1) is 10.2. The molecule has 0 bridgehead atoms. The van der Waals surface area contributed by atoms with Crippen molar-refractivity contribution < 1.29 is 4.79 Å². The normalized spacial score (nSPS) is 20.8. The van der Waals surface area contributed by atoms with Crippen LogP contribution < -0.4 is 0 Å². The highest BCUT2D eigenvalue weighted by Gasteiger charge is 2.17. The van der Waals surface area contributed by atoms with E-state index in [2.05, 4.69) is 17.1 Å². The van der Waals surface area contributed by atoms with Crippen molar-refractivity contribution in [2.45, 2.75) is 20.3 Å². The van der Waals surface area contributed by atoms with Gasteiger partial charge in [-0.15, -0.1) is 10.2 Å². The number of allylic oxidation sites excluding steroid dienone is 4. The van der Waals surface area contributed by atoms with Gasteiger partial charge in [0, 0.05) is 0 Å². The molecular formula is C11H12N2OS. The van der Waals surface area contributed by atoms with Crippen LogP contribution in [-0.2, 0) is 4.79 Å². The van der Waals surface area contributed by atoms with Crippen molar-refractivity contribution in [1.29, 1.82) is 0 Å². The number of aryl methyl sites for hydroxylation is 1. The first-order valence-corrected chi connectivity index (χ1v) is 5.68. The molecule has 0 fully saturated rings. The zero-order chi connectivity index (χ0) is 10.8. The number of hydrogen-bond acceptors (Lipinski definition) is 4. The van der Waals surface area contributed by atoms with Crippen molar-refractivity contribution in [1.82, 2.24) is 10.2 Å². The Balaban J connectivity index is 2.30. The molecule has 0 N–H and O–H groups in total. The third-order valence-electron chi connectivity index (χ3n) is 2.51. The van der Waals surface area contributed by atoms with Crippen LogP contribution in [0, 0.1) is 12.8 Å². The van der Waals surface area contributed by atoms with Gasteiger partial charge in [-0.25, -0.2) is 0 Å². The molecule has 1 unspecified atom stereocenters. The molecule has 0 aromatic carbocycles. The van der Waals surface area contributed by atoms with E-state index in [1.165, 1.54) is 5.57 Å². The number of carbonyl (C=O) groups is 1. The van der Waals surface area contributed by atoms with Gasteiger partial charge in [-0.2, -0.15) is 0 Å². The Morgan fingerprint density at radius 1 is 1.47 bits per heavy atom. The summed E-state index contributed by atoms with van der Waals surface area (Å²) in [6, 6.07) is 0. The van der Waals surface area contributed by atoms with Crippen LogP contribution >= 0.6 is 11.3 Å². The SMILES string of the molecule is Cc1nnc(C2=CC=C(C=O)C(C)C2)s1. The topological polar surface area (TPSA) is 42.9 Å². The lowest BCUT2D eigenvalue weighted by molar-refractivity contribution is -0.105. The molecule has 15 heavy (non-hydrogen) atoms. The Kier molecular flexibility index (Phi) is 2.77. The summed E-state index contributed by atoms with van der Waals surface area (Å²) in [6.07, 6.45) is 5.67. The van der Waals surface area contributed by atoms with Gasteiger partial charge in [0.15, 0.2) is 0 Å². The summed E-state index contributed by atoms with van der Waals surface area (Å²) in [5.41, 5.74) is 2.04. The molecule has 4 heteroatoms. The molecule has 0 spiro atoms. The standard InChI is InChI=1S/C11H12N2OS/c1-7-5-9(3-4-10(7)6-14)11-13-12-8(2)15-11/h3-4,6-7H,5H2,1-2H3. The molecular weight excluding hydrogens is 208 g/mol. The molecule has 1 aliphatic carbocycles. The highest BCUT2D eigenvalue weighted by Crippen LogP contribution is 2.31. The summed E-state index contributed by atoms with van der Waals surface area (Å²) in [5.74, 6) is 0.284. The van der Waals surface area contributed by atoms with E-state index >= 15 is 0 Å². The summed E-state index contributed by atoms with van der Waals surface area (Å²) in [7, 11) is 0. The number of aldehydes is 1. The molecule has 0 aliphatic heterocycles. The summed E-state index contributed by atoms with van der Waals surface area (Å²) < 4.78 is 0. The Morgan fingerprint density at radius 3 is 2.80 bits per heavy atom. The molecule has 3 nitrogen and oxygen atoms in total. The van der Waals surface area contributed by atoms with Gasteiger partial charge in [0.1, 0.15) is 16.3 Å². The van der Waals surface area contributed by atoms with Crippen LogP contribution in [-0.4, -0.2) is 16.5 Å². The first-order chi connectivity index (χ1) is 7.20. The van der Waals surface area contributed by atoms with E-state index in [1.54, 1.807) is 11.3 Å². The maximum atomic E-state index is 10.7. The van der Waals surface area contributed by atoms with Crippen LogP contribution in [0.5, 0.6) is 0 Å². The number of rotatable bonds is 2. The largest absolute Gasteiger partial charge is 0.298 e. The fraction of sp³-hybridized carbons (Fsp3) is 0.364. The Morgan fingerprint density at radius 2 is 2.27 bits per heavy atom. The molecule has 1 aromatic heterocycles. The number of aromatic nitrogens is 2. The van der Waals surface area contributed by atoms with Gasteiger partial charge in [0.05, 0.1) is 0 Å². The predicted octanol–water partition coefficient (Wildman–Crippen LogP) is 2.40. The summed E-state index contributed by atoms with van der Waals surface area (Å²) >= 11 is 1.60. The quantitative estimate of drug-likeness (QED) is 0.719. The van der Waals surface area contributed by atoms with Gasteiger partial charge in [-0.05, 0) is 30.4 Å². The molecule has 0 saturated carbocycles. The fourth-order valence-electron chi connectivity index (χ4n) is 1.62. The van der Waals surface area contributed by atoms with Crippen molar-refractivity contribution in [3.8, 4) is 0 Å². The van der Waals surface area contributed by atoms with Crippen LogP contribution in [0.3, 0.4) is 0 Å². The van der Waals surface area contributed by atoms with Gasteiger partial charge >= 0.3 is 0 Å². The molecule has 0 amide bonds. The average Bonchev–Trinajstić information content (AvgIpc) is 2.65. The maximum Gasteiger partial charge on any atom is 0.146 e.